The highest BCUT2D eigenvalue weighted by atomic mass is 32.2. The lowest BCUT2D eigenvalue weighted by Crippen LogP contribution is -2.46. The second-order valence-corrected chi connectivity index (χ2v) is 5.64. The minimum atomic E-state index is -2.60. The number of benzene rings is 1. The summed E-state index contributed by atoms with van der Waals surface area (Å²) in [7, 11) is -2.60. The van der Waals surface area contributed by atoms with Crippen LogP contribution in [0.1, 0.15) is 12.5 Å². The number of rotatable bonds is 4. The summed E-state index contributed by atoms with van der Waals surface area (Å²) in [6.45, 7) is 6.50. The molecule has 106 valence electrons. The molecule has 0 spiro atoms. The van der Waals surface area contributed by atoms with Crippen LogP contribution >= 0.6 is 0 Å². The third kappa shape index (κ3) is 3.45. The van der Waals surface area contributed by atoms with Crippen LogP contribution in [-0.2, 0) is 16.5 Å². The summed E-state index contributed by atoms with van der Waals surface area (Å²) in [6, 6.07) is 4.98. The van der Waals surface area contributed by atoms with E-state index in [4.69, 9.17) is 0 Å². The Morgan fingerprint density at radius 1 is 1.21 bits per heavy atom. The van der Waals surface area contributed by atoms with Crippen molar-refractivity contribution in [1.29, 1.82) is 0 Å². The van der Waals surface area contributed by atoms with Crippen LogP contribution in [0.3, 0.4) is 0 Å². The molecule has 1 aliphatic heterocycles. The first-order chi connectivity index (χ1) is 9.11. The van der Waals surface area contributed by atoms with Crippen LogP contribution in [-0.4, -0.2) is 46.0 Å². The van der Waals surface area contributed by atoms with E-state index in [0.717, 1.165) is 32.7 Å². The lowest BCUT2D eigenvalue weighted by molar-refractivity contribution is 0.270. The molecule has 4 nitrogen and oxygen atoms in total. The van der Waals surface area contributed by atoms with Gasteiger partial charge < -0.3 is 9.80 Å². The first kappa shape index (κ1) is 14.3. The fourth-order valence-corrected chi connectivity index (χ4v) is 2.90. The molecule has 0 N–H and O–H groups in total. The van der Waals surface area contributed by atoms with Crippen molar-refractivity contribution < 1.29 is 12.8 Å². The van der Waals surface area contributed by atoms with Crippen LogP contribution < -0.4 is 4.90 Å². The molecule has 0 saturated carbocycles. The van der Waals surface area contributed by atoms with Crippen LogP contribution in [0.25, 0.3) is 0 Å². The molecule has 1 fully saturated rings. The lowest BCUT2D eigenvalue weighted by atomic mass is 10.1. The lowest BCUT2D eigenvalue weighted by Gasteiger charge is -2.35. The molecular formula is C13H19FN2O2S. The number of piperazine rings is 1. The summed E-state index contributed by atoms with van der Waals surface area (Å²) >= 11 is 0. The molecule has 0 amide bonds. The number of likely N-dealkylation sites (N-methyl/N-ethyl adjacent to an activating group) is 1. The van der Waals surface area contributed by atoms with Gasteiger partial charge in [-0.3, -0.25) is 0 Å². The zero-order valence-electron chi connectivity index (χ0n) is 11.0. The zero-order chi connectivity index (χ0) is 13.8. The molecule has 19 heavy (non-hydrogen) atoms. The average molecular weight is 286 g/mol. The van der Waals surface area contributed by atoms with E-state index in [0.29, 0.717) is 5.69 Å². The predicted molar refractivity (Wildman–Crippen MR) is 74.7 cm³/mol. The minimum absolute atomic E-state index is 0.232. The molecule has 0 atom stereocenters. The average Bonchev–Trinajstić information content (AvgIpc) is 2.41. The molecule has 1 aromatic rings. The Hall–Kier alpha value is -1.14. The molecule has 0 aliphatic carbocycles. The van der Waals surface area contributed by atoms with Crippen LogP contribution in [0.4, 0.5) is 10.1 Å². The van der Waals surface area contributed by atoms with Crippen molar-refractivity contribution in [2.45, 2.75) is 12.7 Å². The van der Waals surface area contributed by atoms with Crippen LogP contribution in [0, 0.1) is 5.82 Å². The van der Waals surface area contributed by atoms with Crippen molar-refractivity contribution in [2.75, 3.05) is 37.6 Å². The summed E-state index contributed by atoms with van der Waals surface area (Å²) < 4.78 is 35.8. The first-order valence-corrected chi connectivity index (χ1v) is 7.84. The minimum Gasteiger partial charge on any atom is -0.367 e. The van der Waals surface area contributed by atoms with Gasteiger partial charge in [0.05, 0.1) is 11.4 Å². The number of halogens is 1. The van der Waals surface area contributed by atoms with Crippen molar-refractivity contribution in [3.05, 3.63) is 29.6 Å². The molecule has 1 aliphatic rings. The summed E-state index contributed by atoms with van der Waals surface area (Å²) in [5.74, 6) is -0.629. The van der Waals surface area contributed by atoms with Crippen molar-refractivity contribution in [3.63, 3.8) is 0 Å². The molecule has 0 unspecified atom stereocenters. The number of hydrogen-bond acceptors (Lipinski definition) is 4. The van der Waals surface area contributed by atoms with Gasteiger partial charge in [0.15, 0.2) is 5.82 Å². The summed E-state index contributed by atoms with van der Waals surface area (Å²) in [5, 5.41) is 0. The molecule has 2 rings (SSSR count). The Morgan fingerprint density at radius 2 is 1.89 bits per heavy atom. The second-order valence-electron chi connectivity index (χ2n) is 4.66. The van der Waals surface area contributed by atoms with Gasteiger partial charge in [-0.05, 0) is 12.6 Å². The molecule has 1 heterocycles. The highest BCUT2D eigenvalue weighted by Crippen LogP contribution is 2.24. The van der Waals surface area contributed by atoms with Gasteiger partial charge in [0, 0.05) is 31.7 Å². The van der Waals surface area contributed by atoms with Crippen LogP contribution in [0.2, 0.25) is 0 Å². The van der Waals surface area contributed by atoms with Crippen molar-refractivity contribution in [1.82, 2.24) is 4.90 Å². The highest BCUT2D eigenvalue weighted by molar-refractivity contribution is 7.71. The van der Waals surface area contributed by atoms with E-state index in [9.17, 15) is 12.8 Å². The Balaban J connectivity index is 2.16. The van der Waals surface area contributed by atoms with E-state index < -0.39 is 16.5 Å². The maximum Gasteiger partial charge on any atom is 0.150 e. The molecule has 1 aromatic carbocycles. The summed E-state index contributed by atoms with van der Waals surface area (Å²) in [5.41, 5.74) is 0.775. The number of thiol groups is 1. The largest absolute Gasteiger partial charge is 0.367 e. The molecular weight excluding hydrogens is 267 g/mol. The van der Waals surface area contributed by atoms with Crippen LogP contribution in [0.15, 0.2) is 18.2 Å². The normalized spacial score (nSPS) is 17.1. The molecule has 0 bridgehead atoms. The van der Waals surface area contributed by atoms with E-state index in [1.54, 1.807) is 12.1 Å². The smallest absolute Gasteiger partial charge is 0.150 e. The van der Waals surface area contributed by atoms with E-state index in [1.165, 1.54) is 6.07 Å². The fraction of sp³-hybridized carbons (Fsp3) is 0.538. The van der Waals surface area contributed by atoms with E-state index >= 15 is 0 Å². The van der Waals surface area contributed by atoms with E-state index in [1.807, 2.05) is 4.90 Å². The van der Waals surface area contributed by atoms with Gasteiger partial charge in [0.2, 0.25) is 0 Å². The monoisotopic (exact) mass is 286 g/mol. The van der Waals surface area contributed by atoms with E-state index in [2.05, 4.69) is 11.8 Å². The Morgan fingerprint density at radius 3 is 2.47 bits per heavy atom. The first-order valence-electron chi connectivity index (χ1n) is 6.48. The molecule has 0 aromatic heterocycles. The Bertz CT molecular complexity index is 503. The standard InChI is InChI=1S/C13H19FN2O2S/c1-2-15-6-8-16(9-7-15)12-5-3-4-11(13(12)14)10-19(17)18/h3-5,19H,2,6-10H2,1H3. The van der Waals surface area contributed by atoms with Gasteiger partial charge in [-0.25, -0.2) is 12.8 Å². The van der Waals surface area contributed by atoms with E-state index in [-0.39, 0.29) is 11.3 Å². The molecule has 0 radical (unpaired) electrons. The third-order valence-corrected chi connectivity index (χ3v) is 4.12. The predicted octanol–water partition coefficient (Wildman–Crippen LogP) is 1.08. The van der Waals surface area contributed by atoms with Gasteiger partial charge in [0.25, 0.3) is 0 Å². The molecule has 1 saturated heterocycles. The van der Waals surface area contributed by atoms with Crippen molar-refractivity contribution in [3.8, 4) is 0 Å². The number of anilines is 1. The van der Waals surface area contributed by atoms with Gasteiger partial charge in [-0.1, -0.05) is 19.1 Å². The fourth-order valence-electron chi connectivity index (χ4n) is 2.38. The third-order valence-electron chi connectivity index (χ3n) is 3.52. The molecule has 6 heteroatoms. The van der Waals surface area contributed by atoms with Gasteiger partial charge in [-0.2, -0.15) is 0 Å². The van der Waals surface area contributed by atoms with Crippen molar-refractivity contribution in [2.24, 2.45) is 0 Å². The maximum absolute atomic E-state index is 14.3. The highest BCUT2D eigenvalue weighted by Gasteiger charge is 2.19. The Kier molecular flexibility index (Phi) is 4.76. The number of hydrogen-bond donors (Lipinski definition) is 1. The SMILES string of the molecule is CCN1CCN(c2cccc(C[SH](=O)=O)c2F)CC1. The van der Waals surface area contributed by atoms with Crippen molar-refractivity contribution >= 4 is 16.4 Å². The van der Waals surface area contributed by atoms with Gasteiger partial charge in [-0.15, -0.1) is 0 Å². The zero-order valence-corrected chi connectivity index (χ0v) is 11.9. The second kappa shape index (κ2) is 6.34. The quantitative estimate of drug-likeness (QED) is 0.841. The van der Waals surface area contributed by atoms with Crippen LogP contribution in [0.5, 0.6) is 0 Å². The topological polar surface area (TPSA) is 40.6 Å². The Labute approximate surface area is 114 Å². The number of nitrogens with zero attached hydrogens (tertiary/aromatic N) is 2. The summed E-state index contributed by atoms with van der Waals surface area (Å²) in [4.78, 5) is 4.30. The maximum atomic E-state index is 14.3. The van der Waals surface area contributed by atoms with Gasteiger partial charge in [0.1, 0.15) is 10.7 Å². The van der Waals surface area contributed by atoms with Gasteiger partial charge >= 0.3 is 0 Å². The summed E-state index contributed by atoms with van der Waals surface area (Å²) in [6.07, 6.45) is 0.